The van der Waals surface area contributed by atoms with Crippen molar-refractivity contribution in [1.29, 1.82) is 0 Å². The molecule has 0 amide bonds. The molecule has 1 aliphatic heterocycles. The average molecular weight is 194 g/mol. The van der Waals surface area contributed by atoms with Crippen molar-refractivity contribution in [3.8, 4) is 0 Å². The lowest BCUT2D eigenvalue weighted by Crippen LogP contribution is -2.07. The Morgan fingerprint density at radius 3 is 3.50 bits per heavy atom. The highest BCUT2D eigenvalue weighted by molar-refractivity contribution is 7.26. The first kappa shape index (κ1) is 6.62. The number of hydrogen-bond acceptors (Lipinski definition) is 4. The first-order valence-electron chi connectivity index (χ1n) is 3.70. The van der Waals surface area contributed by atoms with Crippen molar-refractivity contribution in [2.45, 2.75) is 6.54 Å². The zero-order chi connectivity index (χ0) is 7.97. The molecule has 0 spiro atoms. The Balaban J connectivity index is 2.43. The van der Waals surface area contributed by atoms with Gasteiger partial charge in [-0.2, -0.15) is 0 Å². The van der Waals surface area contributed by atoms with E-state index in [1.54, 1.807) is 22.7 Å². The molecule has 0 unspecified atom stereocenters. The molecule has 1 aliphatic rings. The summed E-state index contributed by atoms with van der Waals surface area (Å²) < 4.78 is 1.34. The van der Waals surface area contributed by atoms with Gasteiger partial charge in [-0.15, -0.1) is 22.7 Å². The van der Waals surface area contributed by atoms with Gasteiger partial charge in [0.2, 0.25) is 0 Å². The third-order valence-electron chi connectivity index (χ3n) is 1.93. The molecule has 2 aromatic heterocycles. The van der Waals surface area contributed by atoms with E-state index < -0.39 is 0 Å². The molecule has 0 atom stereocenters. The lowest BCUT2D eigenvalue weighted by molar-refractivity contribution is 0.878. The van der Waals surface area contributed by atoms with Crippen LogP contribution >= 0.6 is 22.7 Å². The van der Waals surface area contributed by atoms with Gasteiger partial charge in [0, 0.05) is 17.0 Å². The molecule has 2 nitrogen and oxygen atoms in total. The topological polar surface area (TPSA) is 24.9 Å². The normalized spacial score (nSPS) is 14.7. The molecule has 0 fully saturated rings. The van der Waals surface area contributed by atoms with Crippen molar-refractivity contribution in [3.05, 3.63) is 22.2 Å². The van der Waals surface area contributed by atoms with E-state index in [0.717, 1.165) is 6.54 Å². The summed E-state index contributed by atoms with van der Waals surface area (Å²) in [4.78, 5) is 6.89. The lowest BCUT2D eigenvalue weighted by atomic mass is 10.2. The van der Waals surface area contributed by atoms with Gasteiger partial charge in [-0.1, -0.05) is 0 Å². The molecular formula is C8H6N2S2. The molecule has 60 valence electrons. The van der Waals surface area contributed by atoms with Crippen LogP contribution in [0.25, 0.3) is 15.6 Å². The highest BCUT2D eigenvalue weighted by Crippen LogP contribution is 2.35. The number of nitrogens with zero attached hydrogens (tertiary/aromatic N) is 1. The predicted octanol–water partition coefficient (Wildman–Crippen LogP) is 2.43. The maximum Gasteiger partial charge on any atom is 0.135 e. The summed E-state index contributed by atoms with van der Waals surface area (Å²) in [5.41, 5.74) is 3.29. The zero-order valence-corrected chi connectivity index (χ0v) is 7.84. The van der Waals surface area contributed by atoms with E-state index in [9.17, 15) is 0 Å². The summed E-state index contributed by atoms with van der Waals surface area (Å²) in [6.07, 6.45) is 4.14. The van der Waals surface area contributed by atoms with Crippen LogP contribution in [0.3, 0.4) is 0 Å². The van der Waals surface area contributed by atoms with Gasteiger partial charge in [0.1, 0.15) is 4.83 Å². The SMILES string of the molecule is C1=Cc2c(sc3ncsc23)CN1. The fourth-order valence-electron chi connectivity index (χ4n) is 1.38. The maximum atomic E-state index is 4.30. The van der Waals surface area contributed by atoms with Crippen molar-refractivity contribution in [1.82, 2.24) is 10.3 Å². The van der Waals surface area contributed by atoms with Crippen molar-refractivity contribution < 1.29 is 0 Å². The second kappa shape index (κ2) is 2.31. The summed E-state index contributed by atoms with van der Waals surface area (Å²) in [5, 5.41) is 3.20. The van der Waals surface area contributed by atoms with Crippen molar-refractivity contribution in [3.63, 3.8) is 0 Å². The number of thiophene rings is 1. The Kier molecular flexibility index (Phi) is 1.27. The molecule has 3 rings (SSSR count). The lowest BCUT2D eigenvalue weighted by Gasteiger charge is -2.05. The Bertz CT molecular complexity index is 453. The molecule has 3 heterocycles. The monoisotopic (exact) mass is 194 g/mol. The molecule has 0 saturated heterocycles. The zero-order valence-electron chi connectivity index (χ0n) is 6.20. The summed E-state index contributed by atoms with van der Waals surface area (Å²) >= 11 is 3.52. The van der Waals surface area contributed by atoms with Crippen LogP contribution in [0.4, 0.5) is 0 Å². The van der Waals surface area contributed by atoms with Crippen molar-refractivity contribution in [2.24, 2.45) is 0 Å². The fourth-order valence-corrected chi connectivity index (χ4v) is 3.49. The Hall–Kier alpha value is -0.870. The molecule has 1 N–H and O–H groups in total. The Morgan fingerprint density at radius 2 is 2.50 bits per heavy atom. The molecular weight excluding hydrogens is 188 g/mol. The number of fused-ring (bicyclic) bond motifs is 3. The number of nitrogens with one attached hydrogen (secondary N) is 1. The molecule has 0 saturated carbocycles. The number of hydrogen-bond donors (Lipinski definition) is 1. The van der Waals surface area contributed by atoms with Crippen LogP contribution in [0.2, 0.25) is 0 Å². The van der Waals surface area contributed by atoms with E-state index in [1.807, 2.05) is 11.7 Å². The molecule has 0 bridgehead atoms. The largest absolute Gasteiger partial charge is 0.386 e. The minimum absolute atomic E-state index is 0.958. The van der Waals surface area contributed by atoms with Gasteiger partial charge in [-0.25, -0.2) is 4.98 Å². The molecule has 12 heavy (non-hydrogen) atoms. The third kappa shape index (κ3) is 0.763. The summed E-state index contributed by atoms with van der Waals surface area (Å²) in [6.45, 7) is 0.958. The smallest absolute Gasteiger partial charge is 0.135 e. The second-order valence-corrected chi connectivity index (χ2v) is 4.58. The Morgan fingerprint density at radius 1 is 1.50 bits per heavy atom. The molecule has 4 heteroatoms. The van der Waals surface area contributed by atoms with Crippen LogP contribution in [0.15, 0.2) is 11.7 Å². The first-order chi connectivity index (χ1) is 5.95. The number of thiazole rings is 1. The van der Waals surface area contributed by atoms with E-state index in [4.69, 9.17) is 0 Å². The quantitative estimate of drug-likeness (QED) is 0.696. The van der Waals surface area contributed by atoms with E-state index in [-0.39, 0.29) is 0 Å². The third-order valence-corrected chi connectivity index (χ3v) is 4.03. The summed E-state index contributed by atoms with van der Waals surface area (Å²) in [5.74, 6) is 0. The standard InChI is InChI=1S/C8H6N2S2/c1-2-9-3-6-5(1)7-8(12-6)10-4-11-7/h1-2,4,9H,3H2. The van der Waals surface area contributed by atoms with Gasteiger partial charge in [0.15, 0.2) is 0 Å². The Labute approximate surface area is 77.6 Å². The van der Waals surface area contributed by atoms with Crippen LogP contribution in [0.5, 0.6) is 0 Å². The second-order valence-electron chi connectivity index (χ2n) is 2.64. The van der Waals surface area contributed by atoms with Crippen LogP contribution in [-0.4, -0.2) is 4.98 Å². The first-order valence-corrected chi connectivity index (χ1v) is 5.39. The van der Waals surface area contributed by atoms with Crippen LogP contribution in [0, 0.1) is 0 Å². The van der Waals surface area contributed by atoms with Gasteiger partial charge in [-0.3, -0.25) is 0 Å². The summed E-state index contributed by atoms with van der Waals surface area (Å²) in [6, 6.07) is 0. The predicted molar refractivity (Wildman–Crippen MR) is 53.4 cm³/mol. The van der Waals surface area contributed by atoms with Gasteiger partial charge < -0.3 is 5.32 Å². The highest BCUT2D eigenvalue weighted by atomic mass is 32.1. The fraction of sp³-hybridized carbons (Fsp3) is 0.125. The van der Waals surface area contributed by atoms with Crippen molar-refractivity contribution >= 4 is 38.3 Å². The van der Waals surface area contributed by atoms with E-state index in [1.165, 1.54) is 20.0 Å². The van der Waals surface area contributed by atoms with Crippen LogP contribution in [-0.2, 0) is 6.54 Å². The minimum Gasteiger partial charge on any atom is -0.386 e. The van der Waals surface area contributed by atoms with Gasteiger partial charge in [0.05, 0.1) is 10.2 Å². The molecule has 0 aliphatic carbocycles. The van der Waals surface area contributed by atoms with Crippen molar-refractivity contribution in [2.75, 3.05) is 0 Å². The van der Waals surface area contributed by atoms with E-state index in [2.05, 4.69) is 16.4 Å². The number of rotatable bonds is 0. The van der Waals surface area contributed by atoms with E-state index >= 15 is 0 Å². The summed E-state index contributed by atoms with van der Waals surface area (Å²) in [7, 11) is 0. The number of aromatic nitrogens is 1. The van der Waals surface area contributed by atoms with Crippen LogP contribution < -0.4 is 5.32 Å². The van der Waals surface area contributed by atoms with Gasteiger partial charge in [0.25, 0.3) is 0 Å². The van der Waals surface area contributed by atoms with E-state index in [0.29, 0.717) is 0 Å². The highest BCUT2D eigenvalue weighted by Gasteiger charge is 2.13. The van der Waals surface area contributed by atoms with Crippen LogP contribution in [0.1, 0.15) is 10.4 Å². The molecule has 0 radical (unpaired) electrons. The van der Waals surface area contributed by atoms with Gasteiger partial charge in [-0.05, 0) is 12.3 Å². The minimum atomic E-state index is 0.958. The average Bonchev–Trinajstić information content (AvgIpc) is 2.62. The maximum absolute atomic E-state index is 4.30. The molecule has 2 aromatic rings. The molecule has 0 aromatic carbocycles. The van der Waals surface area contributed by atoms with Gasteiger partial charge >= 0.3 is 0 Å².